The van der Waals surface area contributed by atoms with E-state index in [9.17, 15) is 15.0 Å². The summed E-state index contributed by atoms with van der Waals surface area (Å²) in [5, 5.41) is 21.8. The van der Waals surface area contributed by atoms with E-state index in [4.69, 9.17) is 14.0 Å². The van der Waals surface area contributed by atoms with E-state index in [1.807, 2.05) is 47.9 Å². The lowest BCUT2D eigenvalue weighted by atomic mass is 9.68. The van der Waals surface area contributed by atoms with Crippen LogP contribution in [0.2, 0.25) is 0 Å². The Morgan fingerprint density at radius 3 is 1.45 bits per heavy atom. The number of methoxy groups -OCH3 is 1. The van der Waals surface area contributed by atoms with E-state index >= 15 is 0 Å². The molecule has 4 aromatic carbocycles. The van der Waals surface area contributed by atoms with Gasteiger partial charge in [0.25, 0.3) is 0 Å². The van der Waals surface area contributed by atoms with Crippen LogP contribution in [0.25, 0.3) is 23.3 Å². The van der Waals surface area contributed by atoms with Crippen LogP contribution in [-0.2, 0) is 36.1 Å². The predicted molar refractivity (Wildman–Crippen MR) is 323 cm³/mol. The molecule has 0 unspecified atom stereocenters. The molecule has 5 aromatic rings. The maximum Gasteiger partial charge on any atom is 0.495 e. The van der Waals surface area contributed by atoms with Gasteiger partial charge in [0.15, 0.2) is 0 Å². The van der Waals surface area contributed by atoms with E-state index < -0.39 is 11.2 Å². The number of benzene rings is 4. The summed E-state index contributed by atoms with van der Waals surface area (Å²) in [7, 11) is 1.06. The molecule has 10 heteroatoms. The SMILES string of the molecule is CCC(CC)(c1ccc(/C=C/C2(O)CCSCC2)c(C)c1)c1ccc(-c2cncc(CC(=O)OC)c2)c(C)c1.CCC(CC)(c1ccc(/C=C/C2(O)CCSCC2)c(C)c1)c1ccc(B2OC(C)(C)C(C)(C)O2)c(C)c1. The van der Waals surface area contributed by atoms with Crippen LogP contribution in [0, 0.1) is 27.7 Å². The Labute approximate surface area is 465 Å². The number of carbonyl (C=O) groups excluding carboxylic acids is 1. The average molecular weight is 1060 g/mol. The van der Waals surface area contributed by atoms with Crippen LogP contribution in [0.4, 0.5) is 0 Å². The van der Waals surface area contributed by atoms with Crippen LogP contribution in [0.1, 0.15) is 168 Å². The fourth-order valence-corrected chi connectivity index (χ4v) is 13.9. The molecule has 8 rings (SSSR count). The molecular weight excluding hydrogens is 978 g/mol. The van der Waals surface area contributed by atoms with Crippen molar-refractivity contribution < 1.29 is 29.1 Å². The molecule has 7 nitrogen and oxygen atoms in total. The fourth-order valence-electron chi connectivity index (χ4n) is 11.5. The van der Waals surface area contributed by atoms with Gasteiger partial charge in [-0.25, -0.2) is 0 Å². The second-order valence-electron chi connectivity index (χ2n) is 22.8. The topological polar surface area (TPSA) is 98.1 Å². The summed E-state index contributed by atoms with van der Waals surface area (Å²) in [6.45, 7) is 26.2. The van der Waals surface area contributed by atoms with E-state index in [0.29, 0.717) is 0 Å². The first-order chi connectivity index (χ1) is 36.1. The molecule has 3 aliphatic heterocycles. The van der Waals surface area contributed by atoms with Gasteiger partial charge in [0.2, 0.25) is 0 Å². The molecule has 4 heterocycles. The van der Waals surface area contributed by atoms with Crippen molar-refractivity contribution in [1.82, 2.24) is 4.98 Å². The number of hydrogen-bond donors (Lipinski definition) is 2. The van der Waals surface area contributed by atoms with Crippen LogP contribution in [-0.4, -0.2) is 80.8 Å². The number of aliphatic hydroxyl groups is 2. The van der Waals surface area contributed by atoms with Gasteiger partial charge in [-0.3, -0.25) is 9.78 Å². The second kappa shape index (κ2) is 24.7. The lowest BCUT2D eigenvalue weighted by Gasteiger charge is -2.34. The molecule has 0 bridgehead atoms. The number of rotatable bonds is 16. The van der Waals surface area contributed by atoms with Crippen molar-refractivity contribution in [1.29, 1.82) is 0 Å². The summed E-state index contributed by atoms with van der Waals surface area (Å²) in [5.41, 5.74) is 14.4. The third-order valence-electron chi connectivity index (χ3n) is 17.7. The van der Waals surface area contributed by atoms with Gasteiger partial charge >= 0.3 is 13.1 Å². The number of carbonyl (C=O) groups is 1. The van der Waals surface area contributed by atoms with E-state index in [1.165, 1.54) is 57.2 Å². The molecule has 0 aliphatic carbocycles. The molecule has 1 aromatic heterocycles. The van der Waals surface area contributed by atoms with Gasteiger partial charge in [-0.1, -0.05) is 130 Å². The maximum atomic E-state index is 11.8. The zero-order valence-corrected chi connectivity index (χ0v) is 49.7. The van der Waals surface area contributed by atoms with Crippen LogP contribution >= 0.6 is 23.5 Å². The number of esters is 1. The zero-order valence-electron chi connectivity index (χ0n) is 48.0. The lowest BCUT2D eigenvalue weighted by Crippen LogP contribution is -2.41. The number of aromatic nitrogens is 1. The first-order valence-corrected chi connectivity index (χ1v) is 30.2. The van der Waals surface area contributed by atoms with Gasteiger partial charge in [0.05, 0.1) is 35.9 Å². The molecule has 0 saturated carbocycles. The smallest absolute Gasteiger partial charge is 0.469 e. The molecule has 2 N–H and O–H groups in total. The molecule has 3 saturated heterocycles. The molecule has 0 amide bonds. The van der Waals surface area contributed by atoms with Crippen molar-refractivity contribution >= 4 is 54.2 Å². The van der Waals surface area contributed by atoms with Crippen LogP contribution in [0.3, 0.4) is 0 Å². The van der Waals surface area contributed by atoms with Crippen LogP contribution < -0.4 is 5.46 Å². The number of nitrogens with zero attached hydrogens (tertiary/aromatic N) is 1. The molecule has 0 atom stereocenters. The van der Waals surface area contributed by atoms with Gasteiger partial charge in [0, 0.05) is 28.8 Å². The van der Waals surface area contributed by atoms with Gasteiger partial charge < -0.3 is 24.3 Å². The molecule has 0 radical (unpaired) electrons. The van der Waals surface area contributed by atoms with Crippen LogP contribution in [0.5, 0.6) is 0 Å². The molecule has 76 heavy (non-hydrogen) atoms. The lowest BCUT2D eigenvalue weighted by molar-refractivity contribution is -0.139. The standard InChI is InChI=1S/C34H41NO3S.C32H45BO3S/c1-6-34(7-2,29-9-8-27(24(3)18-29)12-13-33(37)14-16-39-17-15-33)30-10-11-31(25(4)19-30)28-20-26(22-35-23-28)21-32(36)38-5;1-9-32(10-2,26-12-11-25(23(3)21-26)15-16-31(34)17-19-37-20-18-31)27-13-14-28(24(4)22-27)33-35-29(5,6)30(7,8)36-33/h8-13,18-20,22-23,37H,6-7,14-17,21H2,1-5H3;11-16,21-22,34H,9-10,17-20H2,1-8H3/b13-12+;16-15+. The monoisotopic (exact) mass is 1060 g/mol. The zero-order chi connectivity index (χ0) is 55.1. The molecule has 406 valence electrons. The van der Waals surface area contributed by atoms with E-state index in [0.717, 1.165) is 102 Å². The van der Waals surface area contributed by atoms with Crippen molar-refractivity contribution in [2.75, 3.05) is 30.1 Å². The van der Waals surface area contributed by atoms with Crippen LogP contribution in [0.15, 0.2) is 103 Å². The average Bonchev–Trinajstić information content (AvgIpc) is 3.64. The predicted octanol–water partition coefficient (Wildman–Crippen LogP) is 14.4. The third kappa shape index (κ3) is 13.0. The van der Waals surface area contributed by atoms with E-state index in [1.54, 1.807) is 6.20 Å². The number of ether oxygens (including phenoxy) is 1. The molecule has 3 aliphatic rings. The normalized spacial score (nSPS) is 18.2. The fraction of sp³-hybridized carbons (Fsp3) is 0.485. The van der Waals surface area contributed by atoms with Crippen molar-refractivity contribution in [2.24, 2.45) is 0 Å². The van der Waals surface area contributed by atoms with Gasteiger partial charge in [-0.15, -0.1) is 0 Å². The summed E-state index contributed by atoms with van der Waals surface area (Å²) in [5.74, 6) is 3.82. The van der Waals surface area contributed by atoms with Crippen molar-refractivity contribution in [2.45, 2.75) is 174 Å². The maximum absolute atomic E-state index is 11.8. The second-order valence-corrected chi connectivity index (χ2v) is 25.3. The highest BCUT2D eigenvalue weighted by Crippen LogP contribution is 2.43. The quantitative estimate of drug-likeness (QED) is 0.0739. The minimum Gasteiger partial charge on any atom is -0.469 e. The summed E-state index contributed by atoms with van der Waals surface area (Å²) < 4.78 is 17.5. The van der Waals surface area contributed by atoms with Crippen molar-refractivity contribution in [3.8, 4) is 11.1 Å². The highest BCUT2D eigenvalue weighted by atomic mass is 32.2. The van der Waals surface area contributed by atoms with Gasteiger partial charge in [-0.2, -0.15) is 23.5 Å². The number of aryl methyl sites for hydroxylation is 4. The van der Waals surface area contributed by atoms with Gasteiger partial charge in [0.1, 0.15) is 0 Å². The minimum absolute atomic E-state index is 0.0645. The van der Waals surface area contributed by atoms with Gasteiger partial charge in [-0.05, 0) is 202 Å². The van der Waals surface area contributed by atoms with Crippen molar-refractivity contribution in [3.63, 3.8) is 0 Å². The summed E-state index contributed by atoms with van der Waals surface area (Å²) in [6.07, 6.45) is 19.4. The number of hydrogen-bond acceptors (Lipinski definition) is 9. The summed E-state index contributed by atoms with van der Waals surface area (Å²) >= 11 is 3.85. The number of pyridine rings is 1. The Morgan fingerprint density at radius 1 is 0.618 bits per heavy atom. The largest absolute Gasteiger partial charge is 0.495 e. The van der Waals surface area contributed by atoms with Crippen molar-refractivity contribution in [3.05, 3.63) is 165 Å². The highest BCUT2D eigenvalue weighted by molar-refractivity contribution is 7.99. The Bertz CT molecular complexity index is 2850. The first-order valence-electron chi connectivity index (χ1n) is 27.9. The Kier molecular flexibility index (Phi) is 19.3. The van der Waals surface area contributed by atoms with E-state index in [2.05, 4.69) is 173 Å². The van der Waals surface area contributed by atoms with E-state index in [-0.39, 0.29) is 41.5 Å². The molecule has 3 fully saturated rings. The summed E-state index contributed by atoms with van der Waals surface area (Å²) in [4.78, 5) is 16.1. The molecular formula is C66H86BNO6S2. The Balaban J connectivity index is 0.000000221. The molecule has 0 spiro atoms. The first kappa shape index (κ1) is 59.3. The highest BCUT2D eigenvalue weighted by Gasteiger charge is 2.52. The summed E-state index contributed by atoms with van der Waals surface area (Å²) in [6, 6.07) is 29.3. The Morgan fingerprint density at radius 2 is 1.04 bits per heavy atom. The third-order valence-corrected chi connectivity index (χ3v) is 19.7. The minimum atomic E-state index is -0.680. The Hall–Kier alpha value is -4.42. The number of thioether (sulfide) groups is 2.